The van der Waals surface area contributed by atoms with Gasteiger partial charge in [0.25, 0.3) is 0 Å². The number of rotatable bonds is 7. The van der Waals surface area contributed by atoms with E-state index in [4.69, 9.17) is 16.3 Å². The van der Waals surface area contributed by atoms with Crippen LogP contribution in [0.3, 0.4) is 0 Å². The van der Waals surface area contributed by atoms with Crippen molar-refractivity contribution in [3.63, 3.8) is 0 Å². The smallest absolute Gasteiger partial charge is 0.127 e. The lowest BCUT2D eigenvalue weighted by atomic mass is 10.1. The number of unbranched alkanes of at least 4 members (excludes halogenated alkanes) is 3. The van der Waals surface area contributed by atoms with E-state index in [9.17, 15) is 0 Å². The van der Waals surface area contributed by atoms with Crippen LogP contribution in [0.1, 0.15) is 38.2 Å². The van der Waals surface area contributed by atoms with E-state index in [2.05, 4.69) is 19.1 Å². The molecule has 0 radical (unpaired) electrons. The molecular formula is C18H21ClO. The second kappa shape index (κ2) is 7.96. The van der Waals surface area contributed by atoms with Crippen molar-refractivity contribution in [3.05, 3.63) is 59.1 Å². The molecule has 0 aliphatic rings. The minimum absolute atomic E-state index is 0.722. The molecule has 2 aromatic carbocycles. The van der Waals surface area contributed by atoms with Crippen molar-refractivity contribution >= 4 is 11.6 Å². The maximum atomic E-state index is 5.85. The highest BCUT2D eigenvalue weighted by Crippen LogP contribution is 2.23. The van der Waals surface area contributed by atoms with Crippen molar-refractivity contribution in [2.24, 2.45) is 0 Å². The Morgan fingerprint density at radius 3 is 2.00 bits per heavy atom. The molecular weight excluding hydrogens is 268 g/mol. The average molecular weight is 289 g/mol. The Morgan fingerprint density at radius 1 is 0.800 bits per heavy atom. The van der Waals surface area contributed by atoms with Crippen molar-refractivity contribution in [3.8, 4) is 11.5 Å². The Morgan fingerprint density at radius 2 is 1.40 bits per heavy atom. The Labute approximate surface area is 126 Å². The first-order valence-electron chi connectivity index (χ1n) is 7.30. The third-order valence-electron chi connectivity index (χ3n) is 3.29. The van der Waals surface area contributed by atoms with E-state index >= 15 is 0 Å². The zero-order valence-electron chi connectivity index (χ0n) is 11.9. The fraction of sp³-hybridized carbons (Fsp3) is 0.333. The number of halogens is 1. The number of benzene rings is 2. The van der Waals surface area contributed by atoms with Crippen molar-refractivity contribution in [2.75, 3.05) is 0 Å². The quantitative estimate of drug-likeness (QED) is 0.547. The molecule has 20 heavy (non-hydrogen) atoms. The third-order valence-corrected chi connectivity index (χ3v) is 3.54. The van der Waals surface area contributed by atoms with E-state index in [-0.39, 0.29) is 0 Å². The van der Waals surface area contributed by atoms with Crippen LogP contribution >= 0.6 is 11.6 Å². The highest BCUT2D eigenvalue weighted by atomic mass is 35.5. The van der Waals surface area contributed by atoms with Crippen LogP contribution in [0.25, 0.3) is 0 Å². The Hall–Kier alpha value is -1.47. The van der Waals surface area contributed by atoms with Crippen molar-refractivity contribution in [1.82, 2.24) is 0 Å². The number of ether oxygens (including phenoxy) is 1. The number of hydrogen-bond donors (Lipinski definition) is 0. The number of aryl methyl sites for hydroxylation is 1. The Bertz CT molecular complexity index is 502. The van der Waals surface area contributed by atoms with Crippen molar-refractivity contribution in [1.29, 1.82) is 0 Å². The minimum Gasteiger partial charge on any atom is -0.457 e. The molecule has 0 aliphatic heterocycles. The molecule has 2 heteroatoms. The molecule has 0 saturated carbocycles. The summed E-state index contributed by atoms with van der Waals surface area (Å²) in [7, 11) is 0. The van der Waals surface area contributed by atoms with Crippen LogP contribution in [0.5, 0.6) is 11.5 Å². The summed E-state index contributed by atoms with van der Waals surface area (Å²) in [6, 6.07) is 15.8. The fourth-order valence-corrected chi connectivity index (χ4v) is 2.24. The first-order chi connectivity index (χ1) is 9.78. The lowest BCUT2D eigenvalue weighted by Gasteiger charge is -2.07. The third kappa shape index (κ3) is 4.90. The van der Waals surface area contributed by atoms with Gasteiger partial charge in [-0.25, -0.2) is 0 Å². The largest absolute Gasteiger partial charge is 0.457 e. The van der Waals surface area contributed by atoms with Crippen LogP contribution in [-0.4, -0.2) is 0 Å². The summed E-state index contributed by atoms with van der Waals surface area (Å²) in [4.78, 5) is 0. The standard InChI is InChI=1S/C18H21ClO/c1-2-3-4-5-6-15-7-11-17(12-8-15)20-18-13-9-16(19)10-14-18/h7-14H,2-6H2,1H3. The van der Waals surface area contributed by atoms with Crippen LogP contribution in [0.4, 0.5) is 0 Å². The fourth-order valence-electron chi connectivity index (χ4n) is 2.12. The first kappa shape index (κ1) is 14.9. The zero-order chi connectivity index (χ0) is 14.2. The van der Waals surface area contributed by atoms with Crippen molar-refractivity contribution in [2.45, 2.75) is 39.0 Å². The van der Waals surface area contributed by atoms with Gasteiger partial charge in [-0.3, -0.25) is 0 Å². The van der Waals surface area contributed by atoms with E-state index in [0.717, 1.165) is 22.9 Å². The van der Waals surface area contributed by atoms with Gasteiger partial charge in [-0.05, 0) is 54.8 Å². The van der Waals surface area contributed by atoms with E-state index in [1.807, 2.05) is 36.4 Å². The Kier molecular flexibility index (Phi) is 5.94. The van der Waals surface area contributed by atoms with Gasteiger partial charge in [0.15, 0.2) is 0 Å². The van der Waals surface area contributed by atoms with Crippen molar-refractivity contribution < 1.29 is 4.74 Å². The zero-order valence-corrected chi connectivity index (χ0v) is 12.7. The molecule has 0 unspecified atom stereocenters. The van der Waals surface area contributed by atoms with E-state index in [1.165, 1.54) is 31.2 Å². The topological polar surface area (TPSA) is 9.23 Å². The molecule has 0 heterocycles. The van der Waals surface area contributed by atoms with E-state index < -0.39 is 0 Å². The van der Waals surface area contributed by atoms with E-state index in [1.54, 1.807) is 0 Å². The van der Waals surface area contributed by atoms with E-state index in [0.29, 0.717) is 0 Å². The molecule has 2 aromatic rings. The summed E-state index contributed by atoms with van der Waals surface area (Å²) >= 11 is 5.85. The summed E-state index contributed by atoms with van der Waals surface area (Å²) < 4.78 is 5.77. The SMILES string of the molecule is CCCCCCc1ccc(Oc2ccc(Cl)cc2)cc1. The molecule has 0 aromatic heterocycles. The summed E-state index contributed by atoms with van der Waals surface area (Å²) in [5, 5.41) is 0.722. The van der Waals surface area contributed by atoms with Gasteiger partial charge in [0, 0.05) is 5.02 Å². The molecule has 0 amide bonds. The first-order valence-corrected chi connectivity index (χ1v) is 7.68. The Balaban J connectivity index is 1.86. The predicted molar refractivity (Wildman–Crippen MR) is 85.8 cm³/mol. The monoisotopic (exact) mass is 288 g/mol. The molecule has 0 spiro atoms. The maximum Gasteiger partial charge on any atom is 0.127 e. The van der Waals surface area contributed by atoms with Gasteiger partial charge in [0.1, 0.15) is 11.5 Å². The second-order valence-corrected chi connectivity index (χ2v) is 5.45. The van der Waals surface area contributed by atoms with Gasteiger partial charge in [-0.1, -0.05) is 49.9 Å². The number of hydrogen-bond acceptors (Lipinski definition) is 1. The maximum absolute atomic E-state index is 5.85. The molecule has 1 nitrogen and oxygen atoms in total. The van der Waals surface area contributed by atoms with Gasteiger partial charge >= 0.3 is 0 Å². The van der Waals surface area contributed by atoms with Crippen LogP contribution in [0.2, 0.25) is 5.02 Å². The highest BCUT2D eigenvalue weighted by Gasteiger charge is 1.98. The van der Waals surface area contributed by atoms with Crippen LogP contribution < -0.4 is 4.74 Å². The predicted octanol–water partition coefficient (Wildman–Crippen LogP) is 6.26. The van der Waals surface area contributed by atoms with Gasteiger partial charge < -0.3 is 4.74 Å². The van der Waals surface area contributed by atoms with Gasteiger partial charge in [0.2, 0.25) is 0 Å². The van der Waals surface area contributed by atoms with Gasteiger partial charge in [0.05, 0.1) is 0 Å². The van der Waals surface area contributed by atoms with Crippen LogP contribution in [0.15, 0.2) is 48.5 Å². The van der Waals surface area contributed by atoms with Gasteiger partial charge in [-0.2, -0.15) is 0 Å². The minimum atomic E-state index is 0.722. The lowest BCUT2D eigenvalue weighted by molar-refractivity contribution is 0.482. The summed E-state index contributed by atoms with van der Waals surface area (Å²) in [6.45, 7) is 2.24. The molecule has 0 aliphatic carbocycles. The molecule has 0 saturated heterocycles. The summed E-state index contributed by atoms with van der Waals surface area (Å²) in [6.07, 6.45) is 6.36. The molecule has 0 bridgehead atoms. The average Bonchev–Trinajstić information content (AvgIpc) is 2.48. The second-order valence-electron chi connectivity index (χ2n) is 5.01. The molecule has 106 valence electrons. The summed E-state index contributed by atoms with van der Waals surface area (Å²) in [5.74, 6) is 1.68. The molecule has 0 atom stereocenters. The lowest BCUT2D eigenvalue weighted by Crippen LogP contribution is -1.87. The normalized spacial score (nSPS) is 10.5. The van der Waals surface area contributed by atoms with Gasteiger partial charge in [-0.15, -0.1) is 0 Å². The molecule has 0 N–H and O–H groups in total. The molecule has 0 fully saturated rings. The highest BCUT2D eigenvalue weighted by molar-refractivity contribution is 6.30. The molecule has 2 rings (SSSR count). The summed E-state index contributed by atoms with van der Waals surface area (Å²) in [5.41, 5.74) is 1.38. The van der Waals surface area contributed by atoms with Crippen LogP contribution in [-0.2, 0) is 6.42 Å². The van der Waals surface area contributed by atoms with Crippen LogP contribution in [0, 0.1) is 0 Å².